The molecule has 26 heavy (non-hydrogen) atoms. The molecule has 2 aromatic rings. The second-order valence-electron chi connectivity index (χ2n) is 6.46. The van der Waals surface area contributed by atoms with Crippen LogP contribution in [0.25, 0.3) is 0 Å². The van der Waals surface area contributed by atoms with E-state index in [0.717, 1.165) is 5.69 Å². The summed E-state index contributed by atoms with van der Waals surface area (Å²) in [5, 5.41) is 0. The Kier molecular flexibility index (Phi) is 5.27. The van der Waals surface area contributed by atoms with E-state index < -0.39 is 9.84 Å². The fourth-order valence-corrected chi connectivity index (χ4v) is 5.01. The zero-order valence-corrected chi connectivity index (χ0v) is 15.8. The largest absolute Gasteiger partial charge is 0.338 e. The maximum Gasteiger partial charge on any atom is 0.254 e. The molecule has 7 heteroatoms. The Hall–Kier alpha value is -2.41. The Morgan fingerprint density at radius 1 is 1.23 bits per heavy atom. The molecule has 6 nitrogen and oxygen atoms in total. The number of carbonyl (C=O) groups excluding carboxylic acids is 1. The standard InChI is InChI=1S/C19H23N3O3S/c1-3-22(16-7-5-4-6-8-16)18-13-15(9-11-20-18)19(23)21(2)17-10-12-26(24,25)14-17/h4-9,11,13,17H,3,10,12,14H2,1-2H3. The van der Waals surface area contributed by atoms with Gasteiger partial charge >= 0.3 is 0 Å². The Morgan fingerprint density at radius 2 is 1.96 bits per heavy atom. The molecular weight excluding hydrogens is 350 g/mol. The number of carbonyl (C=O) groups is 1. The molecule has 1 aromatic heterocycles. The van der Waals surface area contributed by atoms with Crippen LogP contribution in [-0.2, 0) is 9.84 Å². The molecule has 0 N–H and O–H groups in total. The summed E-state index contributed by atoms with van der Waals surface area (Å²) < 4.78 is 23.4. The first-order valence-electron chi connectivity index (χ1n) is 8.67. The van der Waals surface area contributed by atoms with Gasteiger partial charge in [0.1, 0.15) is 5.82 Å². The highest BCUT2D eigenvalue weighted by Crippen LogP contribution is 2.25. The third-order valence-electron chi connectivity index (χ3n) is 4.73. The number of amides is 1. The van der Waals surface area contributed by atoms with Crippen molar-refractivity contribution in [2.75, 3.05) is 30.0 Å². The lowest BCUT2D eigenvalue weighted by Crippen LogP contribution is -2.37. The number of nitrogens with zero attached hydrogens (tertiary/aromatic N) is 3. The molecule has 1 aromatic carbocycles. The van der Waals surface area contributed by atoms with Crippen molar-refractivity contribution in [1.82, 2.24) is 9.88 Å². The van der Waals surface area contributed by atoms with Gasteiger partial charge < -0.3 is 9.80 Å². The number of para-hydroxylation sites is 1. The molecule has 2 heterocycles. The van der Waals surface area contributed by atoms with Gasteiger partial charge in [0.25, 0.3) is 5.91 Å². The highest BCUT2D eigenvalue weighted by atomic mass is 32.2. The smallest absolute Gasteiger partial charge is 0.254 e. The summed E-state index contributed by atoms with van der Waals surface area (Å²) in [7, 11) is -1.36. The quantitative estimate of drug-likeness (QED) is 0.805. The van der Waals surface area contributed by atoms with Crippen LogP contribution in [0.5, 0.6) is 0 Å². The van der Waals surface area contributed by atoms with E-state index in [-0.39, 0.29) is 23.5 Å². The van der Waals surface area contributed by atoms with Crippen LogP contribution in [0.3, 0.4) is 0 Å². The number of aromatic nitrogens is 1. The Labute approximate surface area is 154 Å². The number of rotatable bonds is 5. The number of sulfone groups is 1. The lowest BCUT2D eigenvalue weighted by atomic mass is 10.1. The first-order chi connectivity index (χ1) is 12.4. The molecule has 1 saturated heterocycles. The van der Waals surface area contributed by atoms with E-state index in [2.05, 4.69) is 4.98 Å². The van der Waals surface area contributed by atoms with Gasteiger partial charge in [0.2, 0.25) is 0 Å². The third-order valence-corrected chi connectivity index (χ3v) is 6.48. The SMILES string of the molecule is CCN(c1ccccc1)c1cc(C(=O)N(C)C2CCS(=O)(=O)C2)ccn1. The lowest BCUT2D eigenvalue weighted by Gasteiger charge is -2.25. The van der Waals surface area contributed by atoms with Crippen molar-refractivity contribution in [3.8, 4) is 0 Å². The average Bonchev–Trinajstić information content (AvgIpc) is 3.02. The Bertz CT molecular complexity index is 884. The van der Waals surface area contributed by atoms with E-state index in [1.807, 2.05) is 42.2 Å². The van der Waals surface area contributed by atoms with Crippen molar-refractivity contribution in [1.29, 1.82) is 0 Å². The normalized spacial score (nSPS) is 18.5. The summed E-state index contributed by atoms with van der Waals surface area (Å²) in [5.74, 6) is 0.698. The fraction of sp³-hybridized carbons (Fsp3) is 0.368. The minimum Gasteiger partial charge on any atom is -0.338 e. The summed E-state index contributed by atoms with van der Waals surface area (Å²) >= 11 is 0. The van der Waals surface area contributed by atoms with Crippen molar-refractivity contribution < 1.29 is 13.2 Å². The lowest BCUT2D eigenvalue weighted by molar-refractivity contribution is 0.0747. The van der Waals surface area contributed by atoms with E-state index in [9.17, 15) is 13.2 Å². The molecule has 1 aliphatic rings. The highest BCUT2D eigenvalue weighted by molar-refractivity contribution is 7.91. The second kappa shape index (κ2) is 7.45. The maximum atomic E-state index is 12.8. The molecule has 1 amide bonds. The van der Waals surface area contributed by atoms with Crippen LogP contribution in [0.15, 0.2) is 48.7 Å². The van der Waals surface area contributed by atoms with E-state index in [0.29, 0.717) is 24.3 Å². The van der Waals surface area contributed by atoms with Gasteiger partial charge in [0.05, 0.1) is 11.5 Å². The topological polar surface area (TPSA) is 70.6 Å². The van der Waals surface area contributed by atoms with Crippen LogP contribution in [0.4, 0.5) is 11.5 Å². The molecule has 1 fully saturated rings. The van der Waals surface area contributed by atoms with Crippen LogP contribution in [0, 0.1) is 0 Å². The van der Waals surface area contributed by atoms with E-state index in [1.54, 1.807) is 30.3 Å². The summed E-state index contributed by atoms with van der Waals surface area (Å²) in [6.07, 6.45) is 2.11. The molecule has 1 unspecified atom stereocenters. The zero-order chi connectivity index (χ0) is 18.7. The third kappa shape index (κ3) is 3.88. The molecule has 1 atom stereocenters. The van der Waals surface area contributed by atoms with Gasteiger partial charge in [-0.2, -0.15) is 0 Å². The summed E-state index contributed by atoms with van der Waals surface area (Å²) in [4.78, 5) is 20.8. The van der Waals surface area contributed by atoms with Crippen LogP contribution in [0.2, 0.25) is 0 Å². The van der Waals surface area contributed by atoms with Gasteiger partial charge in [-0.25, -0.2) is 13.4 Å². The highest BCUT2D eigenvalue weighted by Gasteiger charge is 2.33. The number of anilines is 2. The first-order valence-corrected chi connectivity index (χ1v) is 10.5. The van der Waals surface area contributed by atoms with Gasteiger partial charge in [-0.05, 0) is 37.6 Å². The van der Waals surface area contributed by atoms with Gasteiger partial charge in [0.15, 0.2) is 9.84 Å². The molecule has 1 aliphatic heterocycles. The number of benzene rings is 1. The molecule has 3 rings (SSSR count). The molecule has 138 valence electrons. The number of hydrogen-bond donors (Lipinski definition) is 0. The molecule has 0 saturated carbocycles. The number of pyridine rings is 1. The van der Waals surface area contributed by atoms with Crippen LogP contribution in [-0.4, -0.2) is 55.3 Å². The number of hydrogen-bond acceptors (Lipinski definition) is 5. The van der Waals surface area contributed by atoms with Gasteiger partial charge in [-0.3, -0.25) is 4.79 Å². The second-order valence-corrected chi connectivity index (χ2v) is 8.68. The monoisotopic (exact) mass is 373 g/mol. The minimum atomic E-state index is -3.03. The molecular formula is C19H23N3O3S. The Balaban J connectivity index is 1.83. The van der Waals surface area contributed by atoms with Crippen molar-refractivity contribution in [2.24, 2.45) is 0 Å². The summed E-state index contributed by atoms with van der Waals surface area (Å²) in [6.45, 7) is 2.74. The molecule has 0 bridgehead atoms. The Morgan fingerprint density at radius 3 is 2.58 bits per heavy atom. The van der Waals surface area contributed by atoms with Crippen molar-refractivity contribution >= 4 is 27.2 Å². The van der Waals surface area contributed by atoms with Gasteiger partial charge in [-0.15, -0.1) is 0 Å². The predicted octanol–water partition coefficient (Wildman–Crippen LogP) is 2.50. The van der Waals surface area contributed by atoms with Gasteiger partial charge in [0, 0.05) is 37.1 Å². The zero-order valence-electron chi connectivity index (χ0n) is 15.0. The van der Waals surface area contributed by atoms with Crippen LogP contribution < -0.4 is 4.90 Å². The van der Waals surface area contributed by atoms with Crippen molar-refractivity contribution in [2.45, 2.75) is 19.4 Å². The molecule has 0 spiro atoms. The molecule has 0 aliphatic carbocycles. The maximum absolute atomic E-state index is 12.8. The summed E-state index contributed by atoms with van der Waals surface area (Å²) in [6, 6.07) is 13.0. The fourth-order valence-electron chi connectivity index (χ4n) is 3.23. The molecule has 0 radical (unpaired) electrons. The van der Waals surface area contributed by atoms with E-state index in [4.69, 9.17) is 0 Å². The van der Waals surface area contributed by atoms with Crippen molar-refractivity contribution in [3.63, 3.8) is 0 Å². The average molecular weight is 373 g/mol. The van der Waals surface area contributed by atoms with E-state index in [1.165, 1.54) is 0 Å². The van der Waals surface area contributed by atoms with Crippen LogP contribution >= 0.6 is 0 Å². The minimum absolute atomic E-state index is 0.0400. The van der Waals surface area contributed by atoms with Crippen LogP contribution in [0.1, 0.15) is 23.7 Å². The van der Waals surface area contributed by atoms with Crippen molar-refractivity contribution in [3.05, 3.63) is 54.2 Å². The first kappa shape index (κ1) is 18.4. The van der Waals surface area contributed by atoms with Gasteiger partial charge in [-0.1, -0.05) is 18.2 Å². The predicted molar refractivity (Wildman–Crippen MR) is 103 cm³/mol. The van der Waals surface area contributed by atoms with E-state index >= 15 is 0 Å². The summed E-state index contributed by atoms with van der Waals surface area (Å²) in [5.41, 5.74) is 1.51.